The van der Waals surface area contributed by atoms with Gasteiger partial charge in [0.1, 0.15) is 0 Å². The lowest BCUT2D eigenvalue weighted by Gasteiger charge is -2.14. The van der Waals surface area contributed by atoms with E-state index in [-0.39, 0.29) is 5.92 Å². The molecule has 1 aliphatic rings. The Balaban J connectivity index is 1.30. The molecule has 0 bridgehead atoms. The molecule has 3 aromatic heterocycles. The van der Waals surface area contributed by atoms with E-state index in [9.17, 15) is 0 Å². The van der Waals surface area contributed by atoms with E-state index < -0.39 is 0 Å². The number of aromatic nitrogens is 2. The molecule has 182 valence electrons. The SMILES string of the molecule is c1ccc2c(c1)-c1ccccc1C2c1ccc2sc3c(-n4c5ccccc5c5ccccc54)nccc3c2c1. The number of hydrogen-bond donors (Lipinski definition) is 0. The number of nitrogens with zero attached hydrogens (tertiary/aromatic N) is 2. The van der Waals surface area contributed by atoms with E-state index in [2.05, 4.69) is 126 Å². The number of thiophene rings is 1. The first-order valence-corrected chi connectivity index (χ1v) is 14.2. The van der Waals surface area contributed by atoms with Crippen molar-refractivity contribution in [2.24, 2.45) is 0 Å². The number of hydrogen-bond acceptors (Lipinski definition) is 2. The first kappa shape index (κ1) is 21.2. The molecule has 0 saturated heterocycles. The van der Waals surface area contributed by atoms with Gasteiger partial charge in [-0.2, -0.15) is 0 Å². The van der Waals surface area contributed by atoms with Crippen LogP contribution in [0.2, 0.25) is 0 Å². The van der Waals surface area contributed by atoms with Crippen molar-refractivity contribution in [2.75, 3.05) is 0 Å². The van der Waals surface area contributed by atoms with Gasteiger partial charge in [-0.1, -0.05) is 91.0 Å². The predicted octanol–water partition coefficient (Wildman–Crippen LogP) is 9.71. The molecule has 0 atom stereocenters. The largest absolute Gasteiger partial charge is 0.293 e. The van der Waals surface area contributed by atoms with E-state index in [0.717, 1.165) is 5.82 Å². The monoisotopic (exact) mass is 514 g/mol. The average molecular weight is 515 g/mol. The molecule has 0 saturated carbocycles. The van der Waals surface area contributed by atoms with Gasteiger partial charge < -0.3 is 0 Å². The van der Waals surface area contributed by atoms with Gasteiger partial charge in [0.25, 0.3) is 0 Å². The molecule has 39 heavy (non-hydrogen) atoms. The average Bonchev–Trinajstić information content (AvgIpc) is 3.65. The molecule has 0 unspecified atom stereocenters. The summed E-state index contributed by atoms with van der Waals surface area (Å²) in [6.45, 7) is 0. The van der Waals surface area contributed by atoms with Crippen molar-refractivity contribution in [1.29, 1.82) is 0 Å². The molecule has 3 heterocycles. The second-order valence-corrected chi connectivity index (χ2v) is 11.4. The number of pyridine rings is 1. The first-order valence-electron chi connectivity index (χ1n) is 13.3. The fraction of sp³-hybridized carbons (Fsp3) is 0.0278. The van der Waals surface area contributed by atoms with Crippen molar-refractivity contribution in [2.45, 2.75) is 5.92 Å². The van der Waals surface area contributed by atoms with Crippen LogP contribution >= 0.6 is 11.3 Å². The number of rotatable bonds is 2. The molecule has 5 aromatic carbocycles. The van der Waals surface area contributed by atoms with Crippen LogP contribution in [0.15, 0.2) is 128 Å². The normalized spacial score (nSPS) is 13.0. The van der Waals surface area contributed by atoms with Crippen molar-refractivity contribution in [3.05, 3.63) is 144 Å². The summed E-state index contributed by atoms with van der Waals surface area (Å²) in [6.07, 6.45) is 1.97. The Hall–Kier alpha value is -4.73. The molecule has 8 aromatic rings. The van der Waals surface area contributed by atoms with Crippen LogP contribution in [0.1, 0.15) is 22.6 Å². The van der Waals surface area contributed by atoms with Gasteiger partial charge in [-0.15, -0.1) is 11.3 Å². The van der Waals surface area contributed by atoms with Gasteiger partial charge >= 0.3 is 0 Å². The van der Waals surface area contributed by atoms with Crippen LogP contribution in [-0.4, -0.2) is 9.55 Å². The Morgan fingerprint density at radius 1 is 0.564 bits per heavy atom. The smallest absolute Gasteiger partial charge is 0.155 e. The standard InChI is InChI=1S/C36H22N2S/c1-3-13-27-23(9-1)24-10-2-4-14-28(24)34(27)22-17-18-33-30(21-22)29-19-20-37-36(35(29)39-33)38-31-15-7-5-11-25(31)26-12-6-8-16-32(26)38/h1-21,34H. The maximum absolute atomic E-state index is 4.98. The molecule has 0 N–H and O–H groups in total. The summed E-state index contributed by atoms with van der Waals surface area (Å²) < 4.78 is 4.86. The first-order chi connectivity index (χ1) is 19.4. The van der Waals surface area contributed by atoms with Gasteiger partial charge in [-0.3, -0.25) is 4.57 Å². The van der Waals surface area contributed by atoms with E-state index in [1.54, 1.807) is 0 Å². The second-order valence-electron chi connectivity index (χ2n) is 10.3. The summed E-state index contributed by atoms with van der Waals surface area (Å²) in [7, 11) is 0. The zero-order chi connectivity index (χ0) is 25.5. The highest BCUT2D eigenvalue weighted by Gasteiger charge is 2.29. The fourth-order valence-electron chi connectivity index (χ4n) is 6.71. The van der Waals surface area contributed by atoms with Crippen LogP contribution in [0.25, 0.3) is 58.9 Å². The van der Waals surface area contributed by atoms with Gasteiger partial charge in [0.15, 0.2) is 5.82 Å². The van der Waals surface area contributed by atoms with Gasteiger partial charge in [-0.05, 0) is 58.1 Å². The summed E-state index contributed by atoms with van der Waals surface area (Å²) in [5.41, 5.74) is 9.22. The van der Waals surface area contributed by atoms with Crippen LogP contribution in [0.3, 0.4) is 0 Å². The molecule has 0 fully saturated rings. The molecule has 2 nitrogen and oxygen atoms in total. The lowest BCUT2D eigenvalue weighted by Crippen LogP contribution is -1.98. The minimum atomic E-state index is 0.246. The van der Waals surface area contributed by atoms with E-state index in [0.29, 0.717) is 0 Å². The third-order valence-corrected chi connectivity index (χ3v) is 9.53. The zero-order valence-electron chi connectivity index (χ0n) is 21.0. The maximum Gasteiger partial charge on any atom is 0.155 e. The van der Waals surface area contributed by atoms with E-state index in [4.69, 9.17) is 4.98 Å². The van der Waals surface area contributed by atoms with Crippen molar-refractivity contribution >= 4 is 53.3 Å². The van der Waals surface area contributed by atoms with Gasteiger partial charge in [0, 0.05) is 38.4 Å². The summed E-state index contributed by atoms with van der Waals surface area (Å²) in [6, 6.07) is 44.3. The van der Waals surface area contributed by atoms with E-state index >= 15 is 0 Å². The number of benzene rings is 5. The van der Waals surface area contributed by atoms with Crippen molar-refractivity contribution < 1.29 is 0 Å². The maximum atomic E-state index is 4.98. The second kappa shape index (κ2) is 7.89. The Bertz CT molecular complexity index is 2150. The van der Waals surface area contributed by atoms with Gasteiger partial charge in [-0.25, -0.2) is 4.98 Å². The fourth-order valence-corrected chi connectivity index (χ4v) is 7.87. The summed E-state index contributed by atoms with van der Waals surface area (Å²) in [5, 5.41) is 5.09. The zero-order valence-corrected chi connectivity index (χ0v) is 21.8. The minimum Gasteiger partial charge on any atom is -0.293 e. The lowest BCUT2D eigenvalue weighted by molar-refractivity contribution is 1.02. The minimum absolute atomic E-state index is 0.246. The predicted molar refractivity (Wildman–Crippen MR) is 164 cm³/mol. The van der Waals surface area contributed by atoms with Gasteiger partial charge in [0.2, 0.25) is 0 Å². The van der Waals surface area contributed by atoms with Gasteiger partial charge in [0.05, 0.1) is 15.7 Å². The Labute approximate surface area is 229 Å². The highest BCUT2D eigenvalue weighted by molar-refractivity contribution is 7.26. The van der Waals surface area contributed by atoms with Crippen LogP contribution in [0.5, 0.6) is 0 Å². The molecule has 0 aliphatic heterocycles. The van der Waals surface area contributed by atoms with Crippen LogP contribution in [0, 0.1) is 0 Å². The highest BCUT2D eigenvalue weighted by Crippen LogP contribution is 2.49. The molecular formula is C36H22N2S. The summed E-state index contributed by atoms with van der Waals surface area (Å²) in [4.78, 5) is 4.98. The molecule has 0 spiro atoms. The molecule has 1 aliphatic carbocycles. The molecule has 3 heteroatoms. The van der Waals surface area contributed by atoms with E-state index in [1.807, 2.05) is 17.5 Å². The molecule has 0 radical (unpaired) electrons. The van der Waals surface area contributed by atoms with Crippen LogP contribution in [-0.2, 0) is 0 Å². The van der Waals surface area contributed by atoms with Crippen LogP contribution in [0.4, 0.5) is 0 Å². The summed E-state index contributed by atoms with van der Waals surface area (Å²) in [5.74, 6) is 1.25. The number of fused-ring (bicyclic) bond motifs is 9. The molecule has 9 rings (SSSR count). The summed E-state index contributed by atoms with van der Waals surface area (Å²) >= 11 is 1.84. The number of para-hydroxylation sites is 2. The highest BCUT2D eigenvalue weighted by atomic mass is 32.1. The third-order valence-electron chi connectivity index (χ3n) is 8.35. The van der Waals surface area contributed by atoms with E-state index in [1.165, 1.54) is 69.8 Å². The Morgan fingerprint density at radius 3 is 1.87 bits per heavy atom. The van der Waals surface area contributed by atoms with Crippen molar-refractivity contribution in [1.82, 2.24) is 9.55 Å². The molecule has 0 amide bonds. The Morgan fingerprint density at radius 2 is 1.18 bits per heavy atom. The van der Waals surface area contributed by atoms with Crippen molar-refractivity contribution in [3.8, 4) is 16.9 Å². The lowest BCUT2D eigenvalue weighted by atomic mass is 9.89. The van der Waals surface area contributed by atoms with Crippen molar-refractivity contribution in [3.63, 3.8) is 0 Å². The third kappa shape index (κ3) is 2.88. The topological polar surface area (TPSA) is 17.8 Å². The molecular weight excluding hydrogens is 492 g/mol. The Kier molecular flexibility index (Phi) is 4.29. The van der Waals surface area contributed by atoms with Crippen LogP contribution < -0.4 is 0 Å². The quantitative estimate of drug-likeness (QED) is 0.224.